The van der Waals surface area contributed by atoms with Gasteiger partial charge in [0.1, 0.15) is 0 Å². The summed E-state index contributed by atoms with van der Waals surface area (Å²) in [5.74, 6) is -0.168. The molecule has 5 nitrogen and oxygen atoms in total. The van der Waals surface area contributed by atoms with Gasteiger partial charge >= 0.3 is 0 Å². The standard InChI is InChI=1S/C13H18N2O3S/c1-10-9-12(5-6-13(10)14-11(2)16)19(17,18)15-7-3-4-8-15/h5-6,9H,3-4,7-8H2,1-2H3,(H,14,16). The molecule has 6 heteroatoms. The van der Waals surface area contributed by atoms with Crippen molar-refractivity contribution >= 4 is 21.6 Å². The van der Waals surface area contributed by atoms with Crippen LogP contribution in [0.15, 0.2) is 23.1 Å². The molecule has 1 aromatic carbocycles. The van der Waals surface area contributed by atoms with Crippen molar-refractivity contribution in [1.82, 2.24) is 4.31 Å². The van der Waals surface area contributed by atoms with Crippen molar-refractivity contribution in [3.63, 3.8) is 0 Å². The number of hydrogen-bond acceptors (Lipinski definition) is 3. The van der Waals surface area contributed by atoms with Crippen LogP contribution in [0.25, 0.3) is 0 Å². The van der Waals surface area contributed by atoms with Crippen molar-refractivity contribution in [2.24, 2.45) is 0 Å². The lowest BCUT2D eigenvalue weighted by molar-refractivity contribution is -0.114. The van der Waals surface area contributed by atoms with Gasteiger partial charge in [-0.2, -0.15) is 4.31 Å². The fourth-order valence-corrected chi connectivity index (χ4v) is 3.81. The van der Waals surface area contributed by atoms with E-state index in [2.05, 4.69) is 5.32 Å². The first kappa shape index (κ1) is 14.0. The third-order valence-electron chi connectivity index (χ3n) is 3.21. The van der Waals surface area contributed by atoms with Crippen molar-refractivity contribution in [2.45, 2.75) is 31.6 Å². The Bertz CT molecular complexity index is 590. The summed E-state index contributed by atoms with van der Waals surface area (Å²) in [5.41, 5.74) is 1.39. The van der Waals surface area contributed by atoms with Gasteiger partial charge in [0.25, 0.3) is 0 Å². The molecule has 0 spiro atoms. The van der Waals surface area contributed by atoms with Gasteiger partial charge in [0.05, 0.1) is 4.90 Å². The Morgan fingerprint density at radius 1 is 1.26 bits per heavy atom. The minimum Gasteiger partial charge on any atom is -0.326 e. The van der Waals surface area contributed by atoms with Crippen LogP contribution in [0.4, 0.5) is 5.69 Å². The number of anilines is 1. The molecule has 1 aliphatic heterocycles. The second-order valence-electron chi connectivity index (χ2n) is 4.77. The maximum Gasteiger partial charge on any atom is 0.243 e. The van der Waals surface area contributed by atoms with E-state index in [1.165, 1.54) is 11.2 Å². The van der Waals surface area contributed by atoms with E-state index in [-0.39, 0.29) is 5.91 Å². The van der Waals surface area contributed by atoms with E-state index in [4.69, 9.17) is 0 Å². The van der Waals surface area contributed by atoms with E-state index in [0.29, 0.717) is 23.7 Å². The highest BCUT2D eigenvalue weighted by molar-refractivity contribution is 7.89. The molecule has 1 heterocycles. The topological polar surface area (TPSA) is 66.5 Å². The SMILES string of the molecule is CC(=O)Nc1ccc(S(=O)(=O)N2CCCC2)cc1C. The average molecular weight is 282 g/mol. The summed E-state index contributed by atoms with van der Waals surface area (Å²) >= 11 is 0. The van der Waals surface area contributed by atoms with Crippen LogP contribution in [0.1, 0.15) is 25.3 Å². The molecule has 1 aliphatic rings. The van der Waals surface area contributed by atoms with E-state index >= 15 is 0 Å². The summed E-state index contributed by atoms with van der Waals surface area (Å²) in [6.45, 7) is 4.40. The molecule has 0 bridgehead atoms. The Morgan fingerprint density at radius 3 is 2.42 bits per heavy atom. The van der Waals surface area contributed by atoms with Crippen molar-refractivity contribution in [1.29, 1.82) is 0 Å². The molecule has 19 heavy (non-hydrogen) atoms. The molecule has 2 rings (SSSR count). The lowest BCUT2D eigenvalue weighted by Gasteiger charge is -2.16. The number of carbonyl (C=O) groups excluding carboxylic acids is 1. The smallest absolute Gasteiger partial charge is 0.243 e. The van der Waals surface area contributed by atoms with E-state index in [1.54, 1.807) is 25.1 Å². The van der Waals surface area contributed by atoms with Gasteiger partial charge in [-0.15, -0.1) is 0 Å². The fraction of sp³-hybridized carbons (Fsp3) is 0.462. The van der Waals surface area contributed by atoms with E-state index in [1.807, 2.05) is 0 Å². The van der Waals surface area contributed by atoms with Crippen LogP contribution in [0.5, 0.6) is 0 Å². The Kier molecular flexibility index (Phi) is 3.91. The molecule has 0 atom stereocenters. The zero-order chi connectivity index (χ0) is 14.0. The van der Waals surface area contributed by atoms with Gasteiger partial charge in [-0.3, -0.25) is 4.79 Å². The predicted octanol–water partition coefficient (Wildman–Crippen LogP) is 1.74. The van der Waals surface area contributed by atoms with Gasteiger partial charge in [0.2, 0.25) is 15.9 Å². The molecule has 1 amide bonds. The van der Waals surface area contributed by atoms with E-state index in [0.717, 1.165) is 18.4 Å². The molecule has 104 valence electrons. The van der Waals surface area contributed by atoms with Crippen LogP contribution in [-0.2, 0) is 14.8 Å². The van der Waals surface area contributed by atoms with Crippen LogP contribution in [0.2, 0.25) is 0 Å². The Hall–Kier alpha value is -1.40. The number of nitrogens with zero attached hydrogens (tertiary/aromatic N) is 1. The van der Waals surface area contributed by atoms with Crippen LogP contribution in [0.3, 0.4) is 0 Å². The molecular formula is C13H18N2O3S. The molecular weight excluding hydrogens is 264 g/mol. The van der Waals surface area contributed by atoms with Crippen molar-refractivity contribution in [2.75, 3.05) is 18.4 Å². The summed E-state index contributed by atoms with van der Waals surface area (Å²) < 4.78 is 26.2. The quantitative estimate of drug-likeness (QED) is 0.918. The fourth-order valence-electron chi connectivity index (χ4n) is 2.20. The minimum absolute atomic E-state index is 0.168. The number of carbonyl (C=O) groups is 1. The number of amides is 1. The molecule has 1 aromatic rings. The highest BCUT2D eigenvalue weighted by Crippen LogP contribution is 2.24. The molecule has 0 aliphatic carbocycles. The zero-order valence-corrected chi connectivity index (χ0v) is 12.0. The lowest BCUT2D eigenvalue weighted by atomic mass is 10.2. The summed E-state index contributed by atoms with van der Waals surface area (Å²) in [6.07, 6.45) is 1.84. The maximum absolute atomic E-state index is 12.4. The van der Waals surface area contributed by atoms with Crippen LogP contribution < -0.4 is 5.32 Å². The van der Waals surface area contributed by atoms with Gasteiger partial charge < -0.3 is 5.32 Å². The number of nitrogens with one attached hydrogen (secondary N) is 1. The summed E-state index contributed by atoms with van der Waals surface area (Å²) in [6, 6.07) is 4.80. The average Bonchev–Trinajstić information content (AvgIpc) is 2.85. The summed E-state index contributed by atoms with van der Waals surface area (Å²) in [4.78, 5) is 11.3. The van der Waals surface area contributed by atoms with Crippen molar-refractivity contribution in [3.8, 4) is 0 Å². The first-order valence-corrected chi connectivity index (χ1v) is 7.73. The highest BCUT2D eigenvalue weighted by atomic mass is 32.2. The maximum atomic E-state index is 12.4. The normalized spacial score (nSPS) is 16.5. The predicted molar refractivity (Wildman–Crippen MR) is 73.5 cm³/mol. The molecule has 1 saturated heterocycles. The Morgan fingerprint density at radius 2 is 1.89 bits per heavy atom. The third kappa shape index (κ3) is 2.96. The first-order valence-electron chi connectivity index (χ1n) is 6.29. The lowest BCUT2D eigenvalue weighted by Crippen LogP contribution is -2.27. The van der Waals surface area contributed by atoms with Crippen LogP contribution in [-0.4, -0.2) is 31.7 Å². The number of hydrogen-bond donors (Lipinski definition) is 1. The number of aryl methyl sites for hydroxylation is 1. The Balaban J connectivity index is 2.31. The Labute approximate surface area is 113 Å². The highest BCUT2D eigenvalue weighted by Gasteiger charge is 2.27. The second kappa shape index (κ2) is 5.30. The summed E-state index contributed by atoms with van der Waals surface area (Å²) in [7, 11) is -3.39. The summed E-state index contributed by atoms with van der Waals surface area (Å²) in [5, 5.41) is 2.67. The molecule has 0 unspecified atom stereocenters. The number of rotatable bonds is 3. The molecule has 0 radical (unpaired) electrons. The first-order chi connectivity index (χ1) is 8.91. The minimum atomic E-state index is -3.39. The molecule has 0 saturated carbocycles. The zero-order valence-electron chi connectivity index (χ0n) is 11.1. The van der Waals surface area contributed by atoms with Gasteiger partial charge in [-0.1, -0.05) is 0 Å². The third-order valence-corrected chi connectivity index (χ3v) is 5.11. The van der Waals surface area contributed by atoms with Crippen LogP contribution in [0, 0.1) is 6.92 Å². The van der Waals surface area contributed by atoms with Gasteiger partial charge in [0.15, 0.2) is 0 Å². The van der Waals surface area contributed by atoms with Crippen LogP contribution >= 0.6 is 0 Å². The van der Waals surface area contributed by atoms with E-state index < -0.39 is 10.0 Å². The van der Waals surface area contributed by atoms with Crippen molar-refractivity contribution < 1.29 is 13.2 Å². The van der Waals surface area contributed by atoms with Crippen molar-refractivity contribution in [3.05, 3.63) is 23.8 Å². The second-order valence-corrected chi connectivity index (χ2v) is 6.71. The van der Waals surface area contributed by atoms with E-state index in [9.17, 15) is 13.2 Å². The monoisotopic (exact) mass is 282 g/mol. The number of sulfonamides is 1. The van der Waals surface area contributed by atoms with Gasteiger partial charge in [-0.25, -0.2) is 8.42 Å². The largest absolute Gasteiger partial charge is 0.326 e. The molecule has 1 N–H and O–H groups in total. The van der Waals surface area contributed by atoms with Gasteiger partial charge in [-0.05, 0) is 43.5 Å². The number of benzene rings is 1. The molecule has 1 fully saturated rings. The molecule has 0 aromatic heterocycles. The van der Waals surface area contributed by atoms with Gasteiger partial charge in [0, 0.05) is 25.7 Å².